The van der Waals surface area contributed by atoms with Crippen LogP contribution in [0.25, 0.3) is 0 Å². The fraction of sp³-hybridized carbons (Fsp3) is 0.650. The van der Waals surface area contributed by atoms with Gasteiger partial charge in [-0.25, -0.2) is 8.42 Å². The summed E-state index contributed by atoms with van der Waals surface area (Å²) in [6.07, 6.45) is 9.42. The summed E-state index contributed by atoms with van der Waals surface area (Å²) in [4.78, 5) is 14.8. The lowest BCUT2D eigenvalue weighted by Gasteiger charge is -2.31. The lowest BCUT2D eigenvalue weighted by atomic mass is 9.94. The Morgan fingerprint density at radius 3 is 2.70 bits per heavy atom. The van der Waals surface area contributed by atoms with Gasteiger partial charge in [-0.05, 0) is 63.0 Å². The fourth-order valence-electron chi connectivity index (χ4n) is 4.19. The number of benzene rings is 1. The van der Waals surface area contributed by atoms with E-state index in [0.717, 1.165) is 18.5 Å². The molecule has 2 aliphatic rings. The molecule has 1 heterocycles. The normalized spacial score (nSPS) is 18.0. The molecule has 0 unspecified atom stereocenters. The Labute approximate surface area is 163 Å². The minimum absolute atomic E-state index is 0.0871. The van der Waals surface area contributed by atoms with Gasteiger partial charge in [0.25, 0.3) is 5.91 Å². The lowest BCUT2D eigenvalue weighted by Crippen LogP contribution is -2.35. The van der Waals surface area contributed by atoms with Crippen LogP contribution in [0.3, 0.4) is 0 Å². The molecule has 1 fully saturated rings. The third kappa shape index (κ3) is 5.02. The SMILES string of the molecule is CN(CCCNC(=O)c1ccc2c(c1)CCN2S(C)(=O)=O)C1CCCCC1. The summed E-state index contributed by atoms with van der Waals surface area (Å²) in [6.45, 7) is 2.10. The van der Waals surface area contributed by atoms with E-state index in [1.54, 1.807) is 12.1 Å². The number of nitrogens with one attached hydrogen (secondary N) is 1. The number of nitrogens with zero attached hydrogens (tertiary/aromatic N) is 2. The second-order valence-electron chi connectivity index (χ2n) is 7.81. The van der Waals surface area contributed by atoms with Crippen LogP contribution in [-0.2, 0) is 16.4 Å². The molecule has 3 rings (SSSR count). The number of anilines is 1. The van der Waals surface area contributed by atoms with Gasteiger partial charge in [0.05, 0.1) is 11.9 Å². The molecule has 0 aromatic heterocycles. The molecule has 1 amide bonds. The summed E-state index contributed by atoms with van der Waals surface area (Å²) in [5.41, 5.74) is 2.22. The number of hydrogen-bond donors (Lipinski definition) is 1. The minimum Gasteiger partial charge on any atom is -0.352 e. The summed E-state index contributed by atoms with van der Waals surface area (Å²) in [5, 5.41) is 2.99. The summed E-state index contributed by atoms with van der Waals surface area (Å²) in [7, 11) is -1.07. The maximum atomic E-state index is 12.4. The van der Waals surface area contributed by atoms with Crippen LogP contribution in [0.15, 0.2) is 18.2 Å². The van der Waals surface area contributed by atoms with Gasteiger partial charge in [0.1, 0.15) is 0 Å². The standard InChI is InChI=1S/C20H31N3O3S/c1-22(18-7-4-3-5-8-18)13-6-12-21-20(24)17-9-10-19-16(15-17)11-14-23(19)27(2,25)26/h9-10,15,18H,3-8,11-14H2,1-2H3,(H,21,24). The first-order valence-corrected chi connectivity index (χ1v) is 11.8. The summed E-state index contributed by atoms with van der Waals surface area (Å²) >= 11 is 0. The zero-order chi connectivity index (χ0) is 19.4. The first-order chi connectivity index (χ1) is 12.9. The monoisotopic (exact) mass is 393 g/mol. The molecule has 1 saturated carbocycles. The molecular weight excluding hydrogens is 362 g/mol. The van der Waals surface area contributed by atoms with Gasteiger partial charge in [-0.15, -0.1) is 0 Å². The number of rotatable bonds is 7. The average molecular weight is 394 g/mol. The van der Waals surface area contributed by atoms with Crippen molar-refractivity contribution in [2.24, 2.45) is 0 Å². The highest BCUT2D eigenvalue weighted by Crippen LogP contribution is 2.30. The van der Waals surface area contributed by atoms with E-state index in [1.165, 1.54) is 42.7 Å². The molecule has 1 N–H and O–H groups in total. The van der Waals surface area contributed by atoms with Crippen molar-refractivity contribution in [2.45, 2.75) is 51.0 Å². The van der Waals surface area contributed by atoms with E-state index in [9.17, 15) is 13.2 Å². The van der Waals surface area contributed by atoms with Gasteiger partial charge in [0.2, 0.25) is 10.0 Å². The van der Waals surface area contributed by atoms with Crippen molar-refractivity contribution in [3.63, 3.8) is 0 Å². The van der Waals surface area contributed by atoms with Crippen LogP contribution in [0.4, 0.5) is 5.69 Å². The van der Waals surface area contributed by atoms with Gasteiger partial charge < -0.3 is 10.2 Å². The number of sulfonamides is 1. The number of carbonyl (C=O) groups excluding carboxylic acids is 1. The van der Waals surface area contributed by atoms with Crippen molar-refractivity contribution in [2.75, 3.05) is 37.2 Å². The van der Waals surface area contributed by atoms with E-state index in [2.05, 4.69) is 17.3 Å². The maximum Gasteiger partial charge on any atom is 0.251 e. The first-order valence-electron chi connectivity index (χ1n) is 9.95. The van der Waals surface area contributed by atoms with Crippen molar-refractivity contribution < 1.29 is 13.2 Å². The Hall–Kier alpha value is -1.60. The van der Waals surface area contributed by atoms with Gasteiger partial charge in [-0.3, -0.25) is 9.10 Å². The molecule has 27 heavy (non-hydrogen) atoms. The van der Waals surface area contributed by atoms with E-state index < -0.39 is 10.0 Å². The van der Waals surface area contributed by atoms with Crippen molar-refractivity contribution >= 4 is 21.6 Å². The molecule has 1 aliphatic heterocycles. The molecule has 1 aliphatic carbocycles. The first kappa shape index (κ1) is 20.1. The Kier molecular flexibility index (Phi) is 6.42. The summed E-state index contributed by atoms with van der Waals surface area (Å²) < 4.78 is 25.0. The largest absolute Gasteiger partial charge is 0.352 e. The lowest BCUT2D eigenvalue weighted by molar-refractivity contribution is 0.0950. The highest BCUT2D eigenvalue weighted by atomic mass is 32.2. The van der Waals surface area contributed by atoms with Crippen LogP contribution in [0, 0.1) is 0 Å². The zero-order valence-corrected chi connectivity index (χ0v) is 17.2. The van der Waals surface area contributed by atoms with Gasteiger partial charge in [-0.1, -0.05) is 19.3 Å². The highest BCUT2D eigenvalue weighted by Gasteiger charge is 2.26. The van der Waals surface area contributed by atoms with Gasteiger partial charge in [-0.2, -0.15) is 0 Å². The van der Waals surface area contributed by atoms with Crippen LogP contribution in [0.2, 0.25) is 0 Å². The molecule has 150 valence electrons. The molecule has 0 bridgehead atoms. The fourth-order valence-corrected chi connectivity index (χ4v) is 5.15. The van der Waals surface area contributed by atoms with Crippen LogP contribution < -0.4 is 9.62 Å². The van der Waals surface area contributed by atoms with E-state index in [-0.39, 0.29) is 5.91 Å². The third-order valence-corrected chi connectivity index (χ3v) is 6.95. The van der Waals surface area contributed by atoms with E-state index >= 15 is 0 Å². The number of hydrogen-bond acceptors (Lipinski definition) is 4. The topological polar surface area (TPSA) is 69.7 Å². The second kappa shape index (κ2) is 8.61. The predicted molar refractivity (Wildman–Crippen MR) is 109 cm³/mol. The number of carbonyl (C=O) groups is 1. The quantitative estimate of drug-likeness (QED) is 0.722. The summed E-state index contributed by atoms with van der Waals surface area (Å²) in [5.74, 6) is -0.0871. The third-order valence-electron chi connectivity index (χ3n) is 5.77. The zero-order valence-electron chi connectivity index (χ0n) is 16.4. The van der Waals surface area contributed by atoms with Gasteiger partial charge >= 0.3 is 0 Å². The number of fused-ring (bicyclic) bond motifs is 1. The average Bonchev–Trinajstić information content (AvgIpc) is 3.09. The van der Waals surface area contributed by atoms with Crippen molar-refractivity contribution in [1.82, 2.24) is 10.2 Å². The molecule has 7 heteroatoms. The molecule has 0 spiro atoms. The molecule has 0 radical (unpaired) electrons. The molecule has 1 aromatic rings. The molecule has 6 nitrogen and oxygen atoms in total. The van der Waals surface area contributed by atoms with E-state index in [1.807, 2.05) is 6.07 Å². The van der Waals surface area contributed by atoms with Crippen LogP contribution in [0.1, 0.15) is 54.4 Å². The molecule has 0 atom stereocenters. The van der Waals surface area contributed by atoms with Gasteiger partial charge in [0, 0.05) is 24.7 Å². The van der Waals surface area contributed by atoms with Crippen LogP contribution in [-0.4, -0.2) is 58.2 Å². The van der Waals surface area contributed by atoms with Crippen molar-refractivity contribution in [3.8, 4) is 0 Å². The Morgan fingerprint density at radius 2 is 2.00 bits per heavy atom. The highest BCUT2D eigenvalue weighted by molar-refractivity contribution is 7.92. The smallest absolute Gasteiger partial charge is 0.251 e. The second-order valence-corrected chi connectivity index (χ2v) is 9.72. The Morgan fingerprint density at radius 1 is 1.26 bits per heavy atom. The minimum atomic E-state index is -3.26. The summed E-state index contributed by atoms with van der Waals surface area (Å²) in [6, 6.07) is 5.98. The molecule has 1 aromatic carbocycles. The van der Waals surface area contributed by atoms with Gasteiger partial charge in [0.15, 0.2) is 0 Å². The predicted octanol–water partition coefficient (Wildman–Crippen LogP) is 2.39. The molecule has 0 saturated heterocycles. The van der Waals surface area contributed by atoms with Crippen molar-refractivity contribution in [3.05, 3.63) is 29.3 Å². The van der Waals surface area contributed by atoms with Crippen molar-refractivity contribution in [1.29, 1.82) is 0 Å². The Balaban J connectivity index is 1.48. The molecular formula is C20H31N3O3S. The maximum absolute atomic E-state index is 12.4. The van der Waals surface area contributed by atoms with E-state index in [4.69, 9.17) is 0 Å². The van der Waals surface area contributed by atoms with E-state index in [0.29, 0.717) is 36.8 Å². The Bertz CT molecular complexity index is 773. The van der Waals surface area contributed by atoms with Crippen LogP contribution in [0.5, 0.6) is 0 Å². The number of amides is 1. The van der Waals surface area contributed by atoms with Crippen LogP contribution >= 0.6 is 0 Å².